The third kappa shape index (κ3) is 22.6. The lowest BCUT2D eigenvalue weighted by Gasteiger charge is -2.33. The Balaban J connectivity index is 1.30. The second-order valence-electron chi connectivity index (χ2n) is 19.1. The van der Waals surface area contributed by atoms with Crippen LogP contribution in [0.1, 0.15) is 70.3 Å². The van der Waals surface area contributed by atoms with Gasteiger partial charge in [0.2, 0.25) is 17.7 Å². The molecule has 2 aromatic rings. The number of nitrogens with zero attached hydrogens (tertiary/aromatic N) is 4. The van der Waals surface area contributed by atoms with Gasteiger partial charge in [-0.25, -0.2) is 9.59 Å². The molecule has 1 saturated carbocycles. The number of aliphatic carboxylic acids is 5. The van der Waals surface area contributed by atoms with Gasteiger partial charge < -0.3 is 52.1 Å². The highest BCUT2D eigenvalue weighted by atomic mass is 16.4. The fourth-order valence-electron chi connectivity index (χ4n) is 9.10. The van der Waals surface area contributed by atoms with E-state index < -0.39 is 71.6 Å². The number of fused-ring (bicyclic) bond motifs is 1. The van der Waals surface area contributed by atoms with E-state index in [0.717, 1.165) is 16.3 Å². The molecule has 1 heterocycles. The number of Topliss-reactive ketones (excluding diaryl/α,β-unsaturated/α-hetero) is 1. The van der Waals surface area contributed by atoms with Crippen LogP contribution in [0.15, 0.2) is 42.5 Å². The molecule has 4 rings (SSSR count). The molecular formula is C50H73N9O15. The fourth-order valence-corrected chi connectivity index (χ4v) is 9.10. The first-order chi connectivity index (χ1) is 35.2. The van der Waals surface area contributed by atoms with Gasteiger partial charge in [-0.05, 0) is 80.5 Å². The van der Waals surface area contributed by atoms with E-state index in [2.05, 4.69) is 26.6 Å². The first-order valence-corrected chi connectivity index (χ1v) is 25.1. The number of hydrogen-bond acceptors (Lipinski definition) is 14. The molecule has 2 aliphatic rings. The molecule has 0 unspecified atom stereocenters. The van der Waals surface area contributed by atoms with Crippen LogP contribution in [0, 0.1) is 11.8 Å². The smallest absolute Gasteiger partial charge is 0.326 e. The van der Waals surface area contributed by atoms with E-state index >= 15 is 0 Å². The van der Waals surface area contributed by atoms with E-state index in [1.165, 1.54) is 6.92 Å². The molecule has 0 radical (unpaired) electrons. The van der Waals surface area contributed by atoms with Crippen molar-refractivity contribution in [2.24, 2.45) is 11.8 Å². The Morgan fingerprint density at radius 2 is 1.09 bits per heavy atom. The Morgan fingerprint density at radius 1 is 0.568 bits per heavy atom. The molecular weight excluding hydrogens is 967 g/mol. The summed E-state index contributed by atoms with van der Waals surface area (Å²) in [6.45, 7) is 3.02. The second kappa shape index (κ2) is 31.1. The third-order valence-corrected chi connectivity index (χ3v) is 13.3. The molecule has 0 bridgehead atoms. The minimum absolute atomic E-state index is 0.0102. The summed E-state index contributed by atoms with van der Waals surface area (Å²) in [7, 11) is 0. The standard InChI is InChI=1S/C50H73N9O15/c1-33(60)39(15-16-43(62)63)54-50(74)55-40(49(72)73)8-4-5-17-51-48(71)41(27-35-11-12-36-6-2-3-7-38(36)26-35)53-47(70)37-13-9-34(10-14-37)28-52-42(61)29-56-18-20-57(30-44(64)65)22-24-59(32-46(68)69)25-23-58(21-19-56)31-45(66)67/h2-3,6-7,11-12,26,34,37,39-41H,4-5,8-10,13-25,27-32H2,1H3,(H,51,71)(H,52,61)(H,53,70)(H,62,63)(H,64,65)(H,66,67)(H,68,69)(H,72,73)(H2,54,55,74)/t34?,37?,39-,40-,41-/m0/s1. The zero-order chi connectivity index (χ0) is 54.2. The van der Waals surface area contributed by atoms with Gasteiger partial charge in [0.25, 0.3) is 0 Å². The normalized spacial score (nSPS) is 18.8. The number of carbonyl (C=O) groups excluding carboxylic acids is 5. The molecule has 5 amide bonds. The number of carboxylic acid groups (broad SMARTS) is 5. The molecule has 10 N–H and O–H groups in total. The molecule has 1 saturated heterocycles. The number of carbonyl (C=O) groups is 10. The summed E-state index contributed by atoms with van der Waals surface area (Å²) < 4.78 is 0. The van der Waals surface area contributed by atoms with Crippen molar-refractivity contribution in [3.05, 3.63) is 48.0 Å². The van der Waals surface area contributed by atoms with Gasteiger partial charge in [-0.2, -0.15) is 0 Å². The number of nitrogens with one attached hydrogen (secondary N) is 5. The molecule has 0 spiro atoms. The van der Waals surface area contributed by atoms with Crippen molar-refractivity contribution in [1.82, 2.24) is 46.2 Å². The van der Waals surface area contributed by atoms with Crippen LogP contribution in [0.25, 0.3) is 10.8 Å². The monoisotopic (exact) mass is 1040 g/mol. The fraction of sp³-hybridized carbons (Fsp3) is 0.600. The molecule has 2 fully saturated rings. The van der Waals surface area contributed by atoms with E-state index in [4.69, 9.17) is 5.11 Å². The maximum absolute atomic E-state index is 13.8. The molecule has 2 aromatic carbocycles. The van der Waals surface area contributed by atoms with Crippen molar-refractivity contribution < 1.29 is 73.5 Å². The Labute approximate surface area is 429 Å². The lowest BCUT2D eigenvalue weighted by molar-refractivity contribution is -0.140. The highest BCUT2D eigenvalue weighted by molar-refractivity contribution is 5.90. The lowest BCUT2D eigenvalue weighted by atomic mass is 9.81. The number of amides is 5. The third-order valence-electron chi connectivity index (χ3n) is 13.3. The highest BCUT2D eigenvalue weighted by Crippen LogP contribution is 2.29. The lowest BCUT2D eigenvalue weighted by Crippen LogP contribution is -2.51. The summed E-state index contributed by atoms with van der Waals surface area (Å²) in [5.41, 5.74) is 0.819. The number of rotatable bonds is 27. The second-order valence-corrected chi connectivity index (χ2v) is 19.1. The number of urea groups is 1. The van der Waals surface area contributed by atoms with Crippen molar-refractivity contribution in [3.63, 3.8) is 0 Å². The topological polar surface area (TPSA) is 345 Å². The SMILES string of the molecule is CC(=O)[C@H](CCC(=O)O)NC(=O)N[C@@H](CCCCNC(=O)[C@H](Cc1ccc2ccccc2c1)NC(=O)C1CCC(CNC(=O)CN2CCN(CC(=O)O)CCN(CC(=O)O)CCN(CC(=O)O)CC2)CC1)C(=O)O. The van der Waals surface area contributed by atoms with Crippen LogP contribution in [0.2, 0.25) is 0 Å². The van der Waals surface area contributed by atoms with Crippen LogP contribution in [0.3, 0.4) is 0 Å². The summed E-state index contributed by atoms with van der Waals surface area (Å²) in [4.78, 5) is 130. The summed E-state index contributed by atoms with van der Waals surface area (Å²) in [6, 6.07) is 9.23. The summed E-state index contributed by atoms with van der Waals surface area (Å²) in [5.74, 6) is -7.40. The Morgan fingerprint density at radius 3 is 1.61 bits per heavy atom. The van der Waals surface area contributed by atoms with Crippen LogP contribution in [0.4, 0.5) is 4.79 Å². The molecule has 0 aromatic heterocycles. The molecule has 74 heavy (non-hydrogen) atoms. The first-order valence-electron chi connectivity index (χ1n) is 25.1. The van der Waals surface area contributed by atoms with Gasteiger partial charge in [0.05, 0.1) is 32.2 Å². The summed E-state index contributed by atoms with van der Waals surface area (Å²) >= 11 is 0. The van der Waals surface area contributed by atoms with E-state index in [1.54, 1.807) is 14.7 Å². The van der Waals surface area contributed by atoms with Crippen LogP contribution in [0.5, 0.6) is 0 Å². The zero-order valence-corrected chi connectivity index (χ0v) is 42.0. The van der Waals surface area contributed by atoms with Gasteiger partial charge in [-0.15, -0.1) is 0 Å². The number of unbranched alkanes of at least 4 members (excludes halogenated alkanes) is 1. The van der Waals surface area contributed by atoms with Gasteiger partial charge in [0, 0.05) is 84.2 Å². The van der Waals surface area contributed by atoms with Crippen molar-refractivity contribution >= 4 is 70.2 Å². The summed E-state index contributed by atoms with van der Waals surface area (Å²) in [5, 5.41) is 62.6. The molecule has 3 atom stereocenters. The number of ketones is 1. The predicted molar refractivity (Wildman–Crippen MR) is 268 cm³/mol. The van der Waals surface area contributed by atoms with Crippen molar-refractivity contribution in [2.75, 3.05) is 91.6 Å². The van der Waals surface area contributed by atoms with Crippen molar-refractivity contribution in [1.29, 1.82) is 0 Å². The van der Waals surface area contributed by atoms with Crippen LogP contribution < -0.4 is 26.6 Å². The van der Waals surface area contributed by atoms with Crippen molar-refractivity contribution in [2.45, 2.75) is 89.3 Å². The van der Waals surface area contributed by atoms with Gasteiger partial charge in [0.15, 0.2) is 5.78 Å². The number of hydrogen-bond donors (Lipinski definition) is 10. The Hall–Kier alpha value is -6.76. The molecule has 1 aliphatic carbocycles. The van der Waals surface area contributed by atoms with Gasteiger partial charge in [-0.3, -0.25) is 58.0 Å². The van der Waals surface area contributed by atoms with Crippen molar-refractivity contribution in [3.8, 4) is 0 Å². The van der Waals surface area contributed by atoms with Gasteiger partial charge in [0.1, 0.15) is 12.1 Å². The molecule has 408 valence electrons. The van der Waals surface area contributed by atoms with Crippen LogP contribution in [-0.4, -0.2) is 214 Å². The Kier molecular flexibility index (Phi) is 25.1. The van der Waals surface area contributed by atoms with Crippen LogP contribution >= 0.6 is 0 Å². The molecule has 1 aliphatic heterocycles. The quantitative estimate of drug-likeness (QED) is 0.0532. The summed E-state index contributed by atoms with van der Waals surface area (Å²) in [6.07, 6.45) is 2.54. The average Bonchev–Trinajstić information content (AvgIpc) is 3.34. The molecule has 24 heteroatoms. The average molecular weight is 1040 g/mol. The number of carboxylic acids is 5. The minimum atomic E-state index is -1.33. The highest BCUT2D eigenvalue weighted by Gasteiger charge is 2.31. The predicted octanol–water partition coefficient (Wildman–Crippen LogP) is 0.126. The minimum Gasteiger partial charge on any atom is -0.481 e. The first kappa shape index (κ1) is 59.8. The Bertz CT molecular complexity index is 2230. The van der Waals surface area contributed by atoms with Gasteiger partial charge in [-0.1, -0.05) is 42.5 Å². The van der Waals surface area contributed by atoms with E-state index in [1.807, 2.05) is 47.4 Å². The largest absolute Gasteiger partial charge is 0.481 e. The number of benzene rings is 2. The molecule has 24 nitrogen and oxygen atoms in total. The zero-order valence-electron chi connectivity index (χ0n) is 42.0. The van der Waals surface area contributed by atoms with Crippen LogP contribution in [-0.2, 0) is 49.6 Å². The van der Waals surface area contributed by atoms with Gasteiger partial charge >= 0.3 is 35.9 Å². The maximum Gasteiger partial charge on any atom is 0.326 e. The maximum atomic E-state index is 13.8. The van der Waals surface area contributed by atoms with E-state index in [-0.39, 0.29) is 122 Å². The van der Waals surface area contributed by atoms with E-state index in [0.29, 0.717) is 51.7 Å². The van der Waals surface area contributed by atoms with E-state index in [9.17, 15) is 68.4 Å².